The number of halogens is 2. The molecule has 0 unspecified atom stereocenters. The molecule has 4 nitrogen and oxygen atoms in total. The highest BCUT2D eigenvalue weighted by atomic mass is 19.1. The fourth-order valence-electron chi connectivity index (χ4n) is 2.21. The molecule has 2 N–H and O–H groups in total. The van der Waals surface area contributed by atoms with Crippen LogP contribution in [-0.4, -0.2) is 15.9 Å². The molecule has 0 aliphatic carbocycles. The Morgan fingerprint density at radius 2 is 1.70 bits per heavy atom. The highest BCUT2D eigenvalue weighted by Crippen LogP contribution is 2.21. The lowest BCUT2D eigenvalue weighted by molar-refractivity contribution is 0.584. The van der Waals surface area contributed by atoms with Crippen LogP contribution in [0.4, 0.5) is 14.7 Å². The second-order valence-corrected chi connectivity index (χ2v) is 5.11. The summed E-state index contributed by atoms with van der Waals surface area (Å²) in [4.78, 5) is 4.05. The number of imidazole rings is 1. The molecule has 0 amide bonds. The first-order chi connectivity index (χ1) is 11.0. The van der Waals surface area contributed by atoms with E-state index in [4.69, 9.17) is 5.73 Å². The summed E-state index contributed by atoms with van der Waals surface area (Å²) in [6, 6.07) is 10.6. The van der Waals surface area contributed by atoms with Crippen molar-refractivity contribution in [2.75, 3.05) is 5.73 Å². The maximum atomic E-state index is 13.3. The fraction of sp³-hybridized carbons (Fsp3) is 0.0588. The molecule has 0 bridgehead atoms. The smallest absolute Gasteiger partial charge is 0.221 e. The Balaban J connectivity index is 1.83. The maximum absolute atomic E-state index is 13.3. The maximum Gasteiger partial charge on any atom is 0.221 e. The van der Waals surface area contributed by atoms with Crippen LogP contribution in [0.2, 0.25) is 0 Å². The summed E-state index contributed by atoms with van der Waals surface area (Å²) in [7, 11) is 0. The van der Waals surface area contributed by atoms with Crippen LogP contribution in [0.1, 0.15) is 11.3 Å². The standard InChI is InChI=1S/C17H14F2N4/c1-11-10-23(17(20)22-11)21-9-12-2-4-13(5-3-12)14-6-15(18)8-16(19)7-14/h2-10H,1H3,(H2,20,22). The number of nitrogens with two attached hydrogens (primary N) is 1. The molecule has 116 valence electrons. The van der Waals surface area contributed by atoms with E-state index in [9.17, 15) is 8.78 Å². The van der Waals surface area contributed by atoms with Crippen molar-refractivity contribution < 1.29 is 8.78 Å². The minimum Gasteiger partial charge on any atom is -0.368 e. The Morgan fingerprint density at radius 1 is 1.04 bits per heavy atom. The lowest BCUT2D eigenvalue weighted by Crippen LogP contribution is -1.96. The van der Waals surface area contributed by atoms with Crippen LogP contribution in [0.3, 0.4) is 0 Å². The van der Waals surface area contributed by atoms with Gasteiger partial charge in [-0.25, -0.2) is 18.4 Å². The monoisotopic (exact) mass is 312 g/mol. The Labute approximate surface area is 131 Å². The van der Waals surface area contributed by atoms with Gasteiger partial charge in [-0.1, -0.05) is 24.3 Å². The molecule has 23 heavy (non-hydrogen) atoms. The van der Waals surface area contributed by atoms with Crippen molar-refractivity contribution in [1.29, 1.82) is 0 Å². The van der Waals surface area contributed by atoms with Gasteiger partial charge in [-0.15, -0.1) is 0 Å². The Morgan fingerprint density at radius 3 is 2.26 bits per heavy atom. The zero-order chi connectivity index (χ0) is 16.4. The van der Waals surface area contributed by atoms with Crippen LogP contribution < -0.4 is 5.73 Å². The summed E-state index contributed by atoms with van der Waals surface area (Å²) >= 11 is 0. The van der Waals surface area contributed by atoms with Gasteiger partial charge in [-0.2, -0.15) is 5.10 Å². The second-order valence-electron chi connectivity index (χ2n) is 5.11. The molecule has 0 saturated carbocycles. The molecule has 0 spiro atoms. The number of hydrogen-bond acceptors (Lipinski definition) is 3. The van der Waals surface area contributed by atoms with Crippen LogP contribution in [0.5, 0.6) is 0 Å². The van der Waals surface area contributed by atoms with Crippen LogP contribution in [0, 0.1) is 18.6 Å². The van der Waals surface area contributed by atoms with Crippen molar-refractivity contribution >= 4 is 12.2 Å². The van der Waals surface area contributed by atoms with Gasteiger partial charge in [0.25, 0.3) is 0 Å². The third-order valence-electron chi connectivity index (χ3n) is 3.27. The fourth-order valence-corrected chi connectivity index (χ4v) is 2.21. The largest absolute Gasteiger partial charge is 0.368 e. The summed E-state index contributed by atoms with van der Waals surface area (Å²) in [5, 5.41) is 4.21. The number of nitrogens with zero attached hydrogens (tertiary/aromatic N) is 3. The summed E-state index contributed by atoms with van der Waals surface area (Å²) in [6.45, 7) is 1.83. The Hall–Kier alpha value is -3.02. The van der Waals surface area contributed by atoms with Crippen LogP contribution in [0.25, 0.3) is 11.1 Å². The molecular formula is C17H14F2N4. The molecule has 1 heterocycles. The summed E-state index contributed by atoms with van der Waals surface area (Å²) in [5.74, 6) is -0.890. The Kier molecular flexibility index (Phi) is 3.89. The third-order valence-corrected chi connectivity index (χ3v) is 3.27. The van der Waals surface area contributed by atoms with Crippen molar-refractivity contribution in [2.24, 2.45) is 5.10 Å². The van der Waals surface area contributed by atoms with Gasteiger partial charge in [-0.05, 0) is 35.7 Å². The molecule has 3 aromatic rings. The average Bonchev–Trinajstić information content (AvgIpc) is 2.82. The van der Waals surface area contributed by atoms with E-state index in [1.807, 2.05) is 19.1 Å². The molecule has 0 atom stereocenters. The summed E-state index contributed by atoms with van der Waals surface area (Å²) in [6.07, 6.45) is 3.35. The number of benzene rings is 2. The highest BCUT2D eigenvalue weighted by molar-refractivity contribution is 5.81. The van der Waals surface area contributed by atoms with Crippen molar-refractivity contribution in [2.45, 2.75) is 6.92 Å². The average molecular weight is 312 g/mol. The van der Waals surface area contributed by atoms with Crippen LogP contribution in [0.15, 0.2) is 53.8 Å². The predicted octanol–water partition coefficient (Wildman–Crippen LogP) is 3.60. The van der Waals surface area contributed by atoms with E-state index in [1.165, 1.54) is 16.8 Å². The molecule has 0 aliphatic heterocycles. The molecule has 0 aliphatic rings. The molecule has 3 rings (SSSR count). The third kappa shape index (κ3) is 3.42. The number of rotatable bonds is 3. The molecule has 0 radical (unpaired) electrons. The van der Waals surface area contributed by atoms with E-state index in [0.717, 1.165) is 22.9 Å². The van der Waals surface area contributed by atoms with Crippen molar-refractivity contribution in [3.8, 4) is 11.1 Å². The van der Waals surface area contributed by atoms with Gasteiger partial charge < -0.3 is 5.73 Å². The van der Waals surface area contributed by atoms with Crippen LogP contribution >= 0.6 is 0 Å². The number of aromatic nitrogens is 2. The first kappa shape index (κ1) is 14.9. The SMILES string of the molecule is Cc1cn(N=Cc2ccc(-c3cc(F)cc(F)c3)cc2)c(N)n1. The lowest BCUT2D eigenvalue weighted by atomic mass is 10.0. The lowest BCUT2D eigenvalue weighted by Gasteiger charge is -2.03. The number of nitrogen functional groups attached to an aromatic ring is 1. The van der Waals surface area contributed by atoms with Gasteiger partial charge in [0.1, 0.15) is 11.6 Å². The molecule has 6 heteroatoms. The number of anilines is 1. The van der Waals surface area contributed by atoms with E-state index in [1.54, 1.807) is 24.5 Å². The first-order valence-electron chi connectivity index (χ1n) is 6.93. The van der Waals surface area contributed by atoms with Gasteiger partial charge in [0.05, 0.1) is 18.1 Å². The molecule has 2 aromatic carbocycles. The minimum atomic E-state index is -0.600. The second kappa shape index (κ2) is 6.00. The highest BCUT2D eigenvalue weighted by Gasteiger charge is 2.03. The summed E-state index contributed by atoms with van der Waals surface area (Å²) < 4.78 is 28.0. The van der Waals surface area contributed by atoms with Crippen molar-refractivity contribution in [3.05, 3.63) is 71.6 Å². The quantitative estimate of drug-likeness (QED) is 0.751. The van der Waals surface area contributed by atoms with E-state index in [-0.39, 0.29) is 0 Å². The van der Waals surface area contributed by atoms with E-state index < -0.39 is 11.6 Å². The van der Waals surface area contributed by atoms with Crippen molar-refractivity contribution in [3.63, 3.8) is 0 Å². The van der Waals surface area contributed by atoms with Gasteiger partial charge in [0, 0.05) is 6.07 Å². The topological polar surface area (TPSA) is 56.2 Å². The van der Waals surface area contributed by atoms with Crippen molar-refractivity contribution in [1.82, 2.24) is 9.66 Å². The first-order valence-corrected chi connectivity index (χ1v) is 6.93. The molecule has 1 aromatic heterocycles. The van der Waals surface area contributed by atoms with Crippen LogP contribution in [-0.2, 0) is 0 Å². The molecule has 0 saturated heterocycles. The van der Waals surface area contributed by atoms with E-state index in [0.29, 0.717) is 11.5 Å². The van der Waals surface area contributed by atoms with E-state index >= 15 is 0 Å². The van der Waals surface area contributed by atoms with Gasteiger partial charge in [0.2, 0.25) is 5.95 Å². The van der Waals surface area contributed by atoms with Gasteiger partial charge in [-0.3, -0.25) is 0 Å². The van der Waals surface area contributed by atoms with E-state index in [2.05, 4.69) is 10.1 Å². The zero-order valence-electron chi connectivity index (χ0n) is 12.4. The van der Waals surface area contributed by atoms with Gasteiger partial charge in [0.15, 0.2) is 0 Å². The minimum absolute atomic E-state index is 0.311. The predicted molar refractivity (Wildman–Crippen MR) is 86.2 cm³/mol. The van der Waals surface area contributed by atoms with Gasteiger partial charge >= 0.3 is 0 Å². The Bertz CT molecular complexity index is 847. The molecule has 0 fully saturated rings. The number of aryl methyl sites for hydroxylation is 1. The number of hydrogen-bond donors (Lipinski definition) is 1. The summed E-state index contributed by atoms with van der Waals surface area (Å²) in [5.41, 5.74) is 8.52. The zero-order valence-corrected chi connectivity index (χ0v) is 12.4. The normalized spacial score (nSPS) is 11.3. The molecular weight excluding hydrogens is 298 g/mol.